The van der Waals surface area contributed by atoms with Gasteiger partial charge in [0.05, 0.1) is 0 Å². The van der Waals surface area contributed by atoms with Crippen molar-refractivity contribution in [1.29, 1.82) is 0 Å². The largest absolute Gasteiger partial charge is 0.481 e. The molecule has 0 aliphatic rings. The zero-order valence-electron chi connectivity index (χ0n) is 13.9. The van der Waals surface area contributed by atoms with E-state index >= 15 is 0 Å². The average molecular weight is 310 g/mol. The van der Waals surface area contributed by atoms with Gasteiger partial charge in [0.2, 0.25) is 0 Å². The molecule has 2 rings (SSSR count). The number of hydrogen-bond donors (Lipinski definition) is 1. The third-order valence-electron chi connectivity index (χ3n) is 4.32. The number of aliphatic carboxylic acids is 1. The minimum Gasteiger partial charge on any atom is -0.481 e. The highest BCUT2D eigenvalue weighted by molar-refractivity contribution is 5.66. The third-order valence-corrected chi connectivity index (χ3v) is 4.32. The van der Waals surface area contributed by atoms with Crippen LogP contribution in [-0.2, 0) is 11.2 Å². The Bertz CT molecular complexity index is 587. The van der Waals surface area contributed by atoms with Gasteiger partial charge >= 0.3 is 5.97 Å². The van der Waals surface area contributed by atoms with Gasteiger partial charge in [-0.25, -0.2) is 0 Å². The van der Waals surface area contributed by atoms with Gasteiger partial charge in [-0.05, 0) is 43.2 Å². The molecule has 0 bridgehead atoms. The molecule has 122 valence electrons. The van der Waals surface area contributed by atoms with Gasteiger partial charge in [0, 0.05) is 6.42 Å². The molecular formula is C21H26O2. The Morgan fingerprint density at radius 2 is 1.65 bits per heavy atom. The standard InChI is InChI=1S/C21H26O2/c1-17-12-14-18(15-13-17)16-20(19-8-4-2-5-9-19)10-6-3-7-11-21(22)23/h2,4-5,8-9,12-15,20H,3,6-7,10-11,16H2,1H3,(H,22,23). The predicted molar refractivity (Wildman–Crippen MR) is 94.8 cm³/mol. The van der Waals surface area contributed by atoms with E-state index in [4.69, 9.17) is 5.11 Å². The first-order valence-electron chi connectivity index (χ1n) is 8.47. The van der Waals surface area contributed by atoms with Crippen LogP contribution in [0.4, 0.5) is 0 Å². The van der Waals surface area contributed by atoms with E-state index in [9.17, 15) is 4.79 Å². The molecule has 0 saturated heterocycles. The summed E-state index contributed by atoms with van der Waals surface area (Å²) in [6.45, 7) is 2.11. The van der Waals surface area contributed by atoms with E-state index in [1.54, 1.807) is 0 Å². The normalized spacial score (nSPS) is 12.0. The number of rotatable bonds is 9. The summed E-state index contributed by atoms with van der Waals surface area (Å²) in [6.07, 6.45) is 5.29. The second-order valence-corrected chi connectivity index (χ2v) is 6.29. The fraction of sp³-hybridized carbons (Fsp3) is 0.381. The van der Waals surface area contributed by atoms with Gasteiger partial charge in [0.1, 0.15) is 0 Å². The molecule has 0 radical (unpaired) electrons. The summed E-state index contributed by atoms with van der Waals surface area (Å²) >= 11 is 0. The molecule has 0 saturated carbocycles. The van der Waals surface area contributed by atoms with Gasteiger partial charge in [-0.2, -0.15) is 0 Å². The number of carbonyl (C=O) groups is 1. The van der Waals surface area contributed by atoms with E-state index in [2.05, 4.69) is 61.5 Å². The molecule has 23 heavy (non-hydrogen) atoms. The number of carboxylic acids is 1. The van der Waals surface area contributed by atoms with Crippen LogP contribution in [0.3, 0.4) is 0 Å². The second kappa shape index (κ2) is 9.14. The van der Waals surface area contributed by atoms with Crippen molar-refractivity contribution in [1.82, 2.24) is 0 Å². The van der Waals surface area contributed by atoms with Crippen molar-refractivity contribution in [2.75, 3.05) is 0 Å². The van der Waals surface area contributed by atoms with Crippen LogP contribution in [0.25, 0.3) is 0 Å². The van der Waals surface area contributed by atoms with Crippen molar-refractivity contribution in [3.05, 3.63) is 71.3 Å². The summed E-state index contributed by atoms with van der Waals surface area (Å²) in [5.74, 6) is -0.187. The van der Waals surface area contributed by atoms with E-state index in [-0.39, 0.29) is 6.42 Å². The molecule has 0 amide bonds. The lowest BCUT2D eigenvalue weighted by Crippen LogP contribution is -2.04. The third kappa shape index (κ3) is 6.27. The average Bonchev–Trinajstić information content (AvgIpc) is 2.56. The van der Waals surface area contributed by atoms with Crippen molar-refractivity contribution >= 4 is 5.97 Å². The van der Waals surface area contributed by atoms with Crippen LogP contribution in [0.5, 0.6) is 0 Å². The lowest BCUT2D eigenvalue weighted by molar-refractivity contribution is -0.137. The molecule has 2 heteroatoms. The second-order valence-electron chi connectivity index (χ2n) is 6.29. The Balaban J connectivity index is 1.95. The number of unbranched alkanes of at least 4 members (excludes halogenated alkanes) is 2. The maximum Gasteiger partial charge on any atom is 0.303 e. The minimum atomic E-state index is -0.690. The molecule has 1 unspecified atom stereocenters. The molecule has 0 aromatic heterocycles. The molecule has 2 aromatic rings. The van der Waals surface area contributed by atoms with Crippen LogP contribution in [0, 0.1) is 6.92 Å². The van der Waals surface area contributed by atoms with Gasteiger partial charge in [-0.1, -0.05) is 73.0 Å². The number of hydrogen-bond acceptors (Lipinski definition) is 1. The fourth-order valence-corrected chi connectivity index (χ4v) is 2.96. The van der Waals surface area contributed by atoms with E-state index in [1.807, 2.05) is 0 Å². The Kier molecular flexibility index (Phi) is 6.86. The lowest BCUT2D eigenvalue weighted by atomic mass is 9.87. The van der Waals surface area contributed by atoms with Gasteiger partial charge in [-0.3, -0.25) is 4.79 Å². The highest BCUT2D eigenvalue weighted by Crippen LogP contribution is 2.27. The van der Waals surface area contributed by atoms with Crippen LogP contribution >= 0.6 is 0 Å². The monoisotopic (exact) mass is 310 g/mol. The van der Waals surface area contributed by atoms with Crippen LogP contribution < -0.4 is 0 Å². The van der Waals surface area contributed by atoms with Crippen LogP contribution in [0.1, 0.15) is 54.7 Å². The summed E-state index contributed by atoms with van der Waals surface area (Å²) in [7, 11) is 0. The first-order chi connectivity index (χ1) is 11.1. The topological polar surface area (TPSA) is 37.3 Å². The highest BCUT2D eigenvalue weighted by atomic mass is 16.4. The lowest BCUT2D eigenvalue weighted by Gasteiger charge is -2.18. The van der Waals surface area contributed by atoms with Crippen LogP contribution in [-0.4, -0.2) is 11.1 Å². The zero-order chi connectivity index (χ0) is 16.5. The number of benzene rings is 2. The molecule has 0 aliphatic heterocycles. The van der Waals surface area contributed by atoms with Crippen LogP contribution in [0.2, 0.25) is 0 Å². The van der Waals surface area contributed by atoms with E-state index < -0.39 is 5.97 Å². The van der Waals surface area contributed by atoms with E-state index in [0.717, 1.165) is 32.1 Å². The molecule has 0 spiro atoms. The summed E-state index contributed by atoms with van der Waals surface area (Å²) in [5, 5.41) is 8.72. The molecule has 2 aromatic carbocycles. The quantitative estimate of drug-likeness (QED) is 0.633. The number of carboxylic acid groups (broad SMARTS) is 1. The van der Waals surface area contributed by atoms with Crippen molar-refractivity contribution in [2.45, 2.75) is 51.4 Å². The summed E-state index contributed by atoms with van der Waals surface area (Å²) in [6, 6.07) is 19.4. The Morgan fingerprint density at radius 3 is 2.30 bits per heavy atom. The summed E-state index contributed by atoms with van der Waals surface area (Å²) < 4.78 is 0. The zero-order valence-corrected chi connectivity index (χ0v) is 13.9. The highest BCUT2D eigenvalue weighted by Gasteiger charge is 2.12. The van der Waals surface area contributed by atoms with Crippen molar-refractivity contribution in [3.63, 3.8) is 0 Å². The molecule has 1 atom stereocenters. The Morgan fingerprint density at radius 1 is 0.957 bits per heavy atom. The molecule has 0 heterocycles. The van der Waals surface area contributed by atoms with Crippen molar-refractivity contribution in [2.24, 2.45) is 0 Å². The summed E-state index contributed by atoms with van der Waals surface area (Å²) in [5.41, 5.74) is 4.04. The molecule has 0 fully saturated rings. The maximum absolute atomic E-state index is 10.6. The first kappa shape index (κ1) is 17.3. The first-order valence-corrected chi connectivity index (χ1v) is 8.47. The molecule has 0 aliphatic carbocycles. The Labute approximate surface area is 139 Å². The number of aryl methyl sites for hydroxylation is 1. The van der Waals surface area contributed by atoms with Crippen molar-refractivity contribution in [3.8, 4) is 0 Å². The Hall–Kier alpha value is -2.09. The SMILES string of the molecule is Cc1ccc(CC(CCCCCC(=O)O)c2ccccc2)cc1. The molecule has 2 nitrogen and oxygen atoms in total. The predicted octanol–water partition coefficient (Wildman–Crippen LogP) is 5.36. The fourth-order valence-electron chi connectivity index (χ4n) is 2.96. The maximum atomic E-state index is 10.6. The molecular weight excluding hydrogens is 284 g/mol. The smallest absolute Gasteiger partial charge is 0.303 e. The van der Waals surface area contributed by atoms with Gasteiger partial charge in [0.25, 0.3) is 0 Å². The molecule has 1 N–H and O–H groups in total. The van der Waals surface area contributed by atoms with Crippen molar-refractivity contribution < 1.29 is 9.90 Å². The van der Waals surface area contributed by atoms with Crippen LogP contribution in [0.15, 0.2) is 54.6 Å². The van der Waals surface area contributed by atoms with E-state index in [0.29, 0.717) is 5.92 Å². The summed E-state index contributed by atoms with van der Waals surface area (Å²) in [4.78, 5) is 10.6. The van der Waals surface area contributed by atoms with Gasteiger partial charge in [0.15, 0.2) is 0 Å². The van der Waals surface area contributed by atoms with Gasteiger partial charge in [-0.15, -0.1) is 0 Å². The van der Waals surface area contributed by atoms with Gasteiger partial charge < -0.3 is 5.11 Å². The minimum absolute atomic E-state index is 0.286. The van der Waals surface area contributed by atoms with E-state index in [1.165, 1.54) is 16.7 Å².